The number of thiazole rings is 1. The van der Waals surface area contributed by atoms with Gasteiger partial charge in [-0.25, -0.2) is 4.98 Å². The average Bonchev–Trinajstić information content (AvgIpc) is 3.20. The van der Waals surface area contributed by atoms with E-state index >= 15 is 0 Å². The second-order valence-electron chi connectivity index (χ2n) is 5.93. The first-order valence-corrected chi connectivity index (χ1v) is 9.35. The minimum Gasteiger partial charge on any atom is -0.493 e. The van der Waals surface area contributed by atoms with Crippen LogP contribution < -0.4 is 19.5 Å². The zero-order valence-electron chi connectivity index (χ0n) is 16.2. The van der Waals surface area contributed by atoms with Crippen LogP contribution in [0.5, 0.6) is 17.2 Å². The van der Waals surface area contributed by atoms with Crippen molar-refractivity contribution in [2.75, 3.05) is 26.6 Å². The van der Waals surface area contributed by atoms with Gasteiger partial charge < -0.3 is 19.5 Å². The van der Waals surface area contributed by atoms with Crippen LogP contribution in [0.2, 0.25) is 0 Å². The van der Waals surface area contributed by atoms with Crippen molar-refractivity contribution in [1.82, 2.24) is 4.98 Å². The highest BCUT2D eigenvalue weighted by Crippen LogP contribution is 2.41. The van der Waals surface area contributed by atoms with E-state index in [-0.39, 0.29) is 27.9 Å². The molecule has 3 rings (SSSR count). The molecule has 0 bridgehead atoms. The molecule has 0 spiro atoms. The lowest BCUT2D eigenvalue weighted by atomic mass is 10.2. The van der Waals surface area contributed by atoms with Crippen molar-refractivity contribution in [3.63, 3.8) is 0 Å². The first-order valence-electron chi connectivity index (χ1n) is 8.53. The van der Waals surface area contributed by atoms with E-state index in [4.69, 9.17) is 14.2 Å². The topological polar surface area (TPSA) is 69.7 Å². The number of aromatic nitrogens is 1. The standard InChI is InChI=1S/C20H17F3N2O4S/c1-27-13-9-12(10-14(28-2)15(13)29-3)24-18(26)16-17(20(21,22)23)25-19(30-16)11-7-5-4-6-8-11/h4-10H,1-3H3,(H,24,26). The second-order valence-corrected chi connectivity index (χ2v) is 6.93. The minimum atomic E-state index is -4.79. The maximum Gasteiger partial charge on any atom is 0.435 e. The lowest BCUT2D eigenvalue weighted by Gasteiger charge is -2.14. The van der Waals surface area contributed by atoms with Gasteiger partial charge in [-0.05, 0) is 0 Å². The van der Waals surface area contributed by atoms with Gasteiger partial charge in [0.05, 0.1) is 21.3 Å². The number of methoxy groups -OCH3 is 3. The molecule has 0 radical (unpaired) electrons. The number of carbonyl (C=O) groups excluding carboxylic acids is 1. The fourth-order valence-electron chi connectivity index (χ4n) is 2.71. The number of rotatable bonds is 6. The highest BCUT2D eigenvalue weighted by atomic mass is 32.1. The first kappa shape index (κ1) is 21.4. The van der Waals surface area contributed by atoms with Crippen LogP contribution >= 0.6 is 11.3 Å². The van der Waals surface area contributed by atoms with Crippen molar-refractivity contribution < 1.29 is 32.2 Å². The number of anilines is 1. The van der Waals surface area contributed by atoms with Crippen LogP contribution in [0, 0.1) is 0 Å². The van der Waals surface area contributed by atoms with Gasteiger partial charge in [-0.3, -0.25) is 4.79 Å². The number of ether oxygens (including phenoxy) is 3. The summed E-state index contributed by atoms with van der Waals surface area (Å²) < 4.78 is 56.2. The van der Waals surface area contributed by atoms with Crippen LogP contribution in [0.15, 0.2) is 42.5 Å². The quantitative estimate of drug-likeness (QED) is 0.579. The van der Waals surface area contributed by atoms with Gasteiger partial charge in [-0.1, -0.05) is 30.3 Å². The summed E-state index contributed by atoms with van der Waals surface area (Å²) in [5.74, 6) is -0.163. The Bertz CT molecular complexity index is 1030. The predicted octanol–water partition coefficient (Wildman–Crippen LogP) is 5.11. The maximum absolute atomic E-state index is 13.5. The van der Waals surface area contributed by atoms with Gasteiger partial charge in [0, 0.05) is 23.4 Å². The SMILES string of the molecule is COc1cc(NC(=O)c2sc(-c3ccccc3)nc2C(F)(F)F)cc(OC)c1OC. The molecule has 30 heavy (non-hydrogen) atoms. The summed E-state index contributed by atoms with van der Waals surface area (Å²) in [4.78, 5) is 15.9. The Balaban J connectivity index is 2.00. The zero-order valence-corrected chi connectivity index (χ0v) is 17.0. The van der Waals surface area contributed by atoms with E-state index in [1.54, 1.807) is 30.3 Å². The van der Waals surface area contributed by atoms with Crippen LogP contribution in [0.3, 0.4) is 0 Å². The molecule has 0 aliphatic carbocycles. The summed E-state index contributed by atoms with van der Waals surface area (Å²) in [5, 5.41) is 2.55. The van der Waals surface area contributed by atoms with E-state index in [1.807, 2.05) is 0 Å². The molecule has 10 heteroatoms. The summed E-state index contributed by atoms with van der Waals surface area (Å²) in [5.41, 5.74) is -0.576. The van der Waals surface area contributed by atoms with Crippen molar-refractivity contribution in [3.8, 4) is 27.8 Å². The summed E-state index contributed by atoms with van der Waals surface area (Å²) in [7, 11) is 4.19. The summed E-state index contributed by atoms with van der Waals surface area (Å²) in [6.45, 7) is 0. The van der Waals surface area contributed by atoms with Gasteiger partial charge in [-0.15, -0.1) is 11.3 Å². The Morgan fingerprint density at radius 2 is 1.60 bits per heavy atom. The predicted molar refractivity (Wildman–Crippen MR) is 107 cm³/mol. The first-order chi connectivity index (χ1) is 14.3. The molecule has 1 N–H and O–H groups in total. The van der Waals surface area contributed by atoms with Crippen molar-refractivity contribution in [2.24, 2.45) is 0 Å². The Morgan fingerprint density at radius 3 is 2.10 bits per heavy atom. The van der Waals surface area contributed by atoms with E-state index in [0.717, 1.165) is 0 Å². The van der Waals surface area contributed by atoms with E-state index < -0.39 is 22.7 Å². The summed E-state index contributed by atoms with van der Waals surface area (Å²) in [6, 6.07) is 11.2. The molecule has 0 saturated heterocycles. The number of halogens is 3. The summed E-state index contributed by atoms with van der Waals surface area (Å²) in [6.07, 6.45) is -4.79. The molecule has 1 heterocycles. The van der Waals surface area contributed by atoms with Crippen molar-refractivity contribution in [3.05, 3.63) is 53.0 Å². The van der Waals surface area contributed by atoms with E-state index in [9.17, 15) is 18.0 Å². The van der Waals surface area contributed by atoms with Crippen LogP contribution in [-0.4, -0.2) is 32.2 Å². The number of nitrogens with one attached hydrogen (secondary N) is 1. The lowest BCUT2D eigenvalue weighted by molar-refractivity contribution is -0.140. The smallest absolute Gasteiger partial charge is 0.435 e. The van der Waals surface area contributed by atoms with Gasteiger partial charge in [0.25, 0.3) is 5.91 Å². The molecule has 0 aliphatic rings. The molecule has 0 unspecified atom stereocenters. The van der Waals surface area contributed by atoms with Crippen molar-refractivity contribution in [2.45, 2.75) is 6.18 Å². The van der Waals surface area contributed by atoms with Gasteiger partial charge in [0.1, 0.15) is 9.88 Å². The van der Waals surface area contributed by atoms with Gasteiger partial charge >= 0.3 is 6.18 Å². The molecular formula is C20H17F3N2O4S. The number of benzene rings is 2. The monoisotopic (exact) mass is 438 g/mol. The molecule has 0 aliphatic heterocycles. The van der Waals surface area contributed by atoms with Gasteiger partial charge in [0.2, 0.25) is 5.75 Å². The lowest BCUT2D eigenvalue weighted by Crippen LogP contribution is -2.17. The third-order valence-electron chi connectivity index (χ3n) is 4.05. The molecule has 6 nitrogen and oxygen atoms in total. The molecule has 0 atom stereocenters. The molecule has 0 saturated carbocycles. The Hall–Kier alpha value is -3.27. The molecular weight excluding hydrogens is 421 g/mol. The largest absolute Gasteiger partial charge is 0.493 e. The average molecular weight is 438 g/mol. The van der Waals surface area contributed by atoms with Crippen LogP contribution in [-0.2, 0) is 6.18 Å². The normalized spacial score (nSPS) is 11.1. The number of hydrogen-bond acceptors (Lipinski definition) is 6. The number of carbonyl (C=O) groups is 1. The highest BCUT2D eigenvalue weighted by molar-refractivity contribution is 7.17. The Kier molecular flexibility index (Phi) is 6.16. The van der Waals surface area contributed by atoms with Gasteiger partial charge in [0.15, 0.2) is 17.2 Å². The van der Waals surface area contributed by atoms with Gasteiger partial charge in [-0.2, -0.15) is 13.2 Å². The fraction of sp³-hybridized carbons (Fsp3) is 0.200. The third-order valence-corrected chi connectivity index (χ3v) is 5.15. The Morgan fingerprint density at radius 1 is 1.00 bits per heavy atom. The molecule has 1 amide bonds. The number of amides is 1. The zero-order chi connectivity index (χ0) is 21.9. The minimum absolute atomic E-state index is 0.0953. The Labute approximate surface area is 174 Å². The number of hydrogen-bond donors (Lipinski definition) is 1. The third kappa shape index (κ3) is 4.33. The van der Waals surface area contributed by atoms with Crippen molar-refractivity contribution >= 4 is 22.9 Å². The van der Waals surface area contributed by atoms with Crippen LogP contribution in [0.25, 0.3) is 10.6 Å². The number of nitrogens with zero attached hydrogens (tertiary/aromatic N) is 1. The maximum atomic E-state index is 13.5. The highest BCUT2D eigenvalue weighted by Gasteiger charge is 2.40. The summed E-state index contributed by atoms with van der Waals surface area (Å²) >= 11 is 0.664. The second kappa shape index (κ2) is 8.62. The molecule has 1 aromatic heterocycles. The molecule has 0 fully saturated rings. The number of alkyl halides is 3. The van der Waals surface area contributed by atoms with E-state index in [2.05, 4.69) is 10.3 Å². The molecule has 2 aromatic carbocycles. The van der Waals surface area contributed by atoms with E-state index in [0.29, 0.717) is 16.9 Å². The molecule has 158 valence electrons. The van der Waals surface area contributed by atoms with Crippen LogP contribution in [0.1, 0.15) is 15.4 Å². The fourth-order valence-corrected chi connectivity index (χ4v) is 3.70. The molecule has 3 aromatic rings. The van der Waals surface area contributed by atoms with E-state index in [1.165, 1.54) is 33.5 Å². The van der Waals surface area contributed by atoms with Crippen molar-refractivity contribution in [1.29, 1.82) is 0 Å². The van der Waals surface area contributed by atoms with Crippen LogP contribution in [0.4, 0.5) is 18.9 Å².